The van der Waals surface area contributed by atoms with Crippen LogP contribution in [0.2, 0.25) is 5.02 Å². The summed E-state index contributed by atoms with van der Waals surface area (Å²) in [4.78, 5) is 22.0. The van der Waals surface area contributed by atoms with Crippen molar-refractivity contribution >= 4 is 29.0 Å². The second kappa shape index (κ2) is 7.19. The number of H-pyrrole nitrogens is 1. The SMILES string of the molecule is O=C(O)C=CC(=NNc1cn[nH]c(=O)c1Cl)c1ccccc1. The van der Waals surface area contributed by atoms with Crippen molar-refractivity contribution < 1.29 is 9.90 Å². The van der Waals surface area contributed by atoms with Gasteiger partial charge in [0.15, 0.2) is 0 Å². The Labute approximate surface area is 130 Å². The topological polar surface area (TPSA) is 107 Å². The highest BCUT2D eigenvalue weighted by Gasteiger charge is 2.05. The van der Waals surface area contributed by atoms with Crippen molar-refractivity contribution in [2.75, 3.05) is 5.43 Å². The number of halogens is 1. The number of anilines is 1. The number of nitrogens with one attached hydrogen (secondary N) is 2. The molecule has 0 radical (unpaired) electrons. The van der Waals surface area contributed by atoms with Gasteiger partial charge in [-0.15, -0.1) is 0 Å². The van der Waals surface area contributed by atoms with Crippen molar-refractivity contribution in [2.24, 2.45) is 5.10 Å². The molecule has 0 spiro atoms. The first-order valence-corrected chi connectivity index (χ1v) is 6.49. The van der Waals surface area contributed by atoms with Crippen LogP contribution in [0.5, 0.6) is 0 Å². The minimum absolute atomic E-state index is 0.0895. The zero-order valence-electron chi connectivity index (χ0n) is 11.2. The normalized spacial score (nSPS) is 11.6. The lowest BCUT2D eigenvalue weighted by atomic mass is 10.1. The Bertz CT molecular complexity index is 784. The molecule has 8 heteroatoms. The third kappa shape index (κ3) is 4.03. The van der Waals surface area contributed by atoms with E-state index in [4.69, 9.17) is 16.7 Å². The molecule has 112 valence electrons. The summed E-state index contributed by atoms with van der Waals surface area (Å²) in [5, 5.41) is 18.5. The number of carboxylic acid groups (broad SMARTS) is 1. The molecule has 7 nitrogen and oxygen atoms in total. The minimum Gasteiger partial charge on any atom is -0.478 e. The molecule has 2 aromatic rings. The lowest BCUT2D eigenvalue weighted by Gasteiger charge is -2.04. The molecule has 0 bridgehead atoms. The second-order valence-corrected chi connectivity index (χ2v) is 4.45. The Morgan fingerprint density at radius 3 is 2.73 bits per heavy atom. The number of rotatable bonds is 5. The largest absolute Gasteiger partial charge is 0.478 e. The van der Waals surface area contributed by atoms with Crippen LogP contribution in [0.15, 0.2) is 58.6 Å². The molecule has 2 rings (SSSR count). The second-order valence-electron chi connectivity index (χ2n) is 4.07. The lowest BCUT2D eigenvalue weighted by molar-refractivity contribution is -0.131. The quantitative estimate of drug-likeness (QED) is 0.443. The van der Waals surface area contributed by atoms with Crippen molar-refractivity contribution in [1.82, 2.24) is 10.2 Å². The van der Waals surface area contributed by atoms with Crippen LogP contribution in [0.4, 0.5) is 5.69 Å². The van der Waals surface area contributed by atoms with E-state index in [0.717, 1.165) is 6.08 Å². The maximum absolute atomic E-state index is 11.3. The number of carbonyl (C=O) groups is 1. The number of allylic oxidation sites excluding steroid dienone is 1. The molecule has 3 N–H and O–H groups in total. The molecule has 1 aromatic heterocycles. The zero-order valence-corrected chi connectivity index (χ0v) is 11.9. The number of benzene rings is 1. The molecule has 1 heterocycles. The molecule has 0 aliphatic rings. The van der Waals surface area contributed by atoms with Crippen LogP contribution in [-0.2, 0) is 4.79 Å². The Balaban J connectivity index is 2.34. The van der Waals surface area contributed by atoms with E-state index in [1.54, 1.807) is 24.3 Å². The van der Waals surface area contributed by atoms with Gasteiger partial charge in [-0.25, -0.2) is 9.89 Å². The van der Waals surface area contributed by atoms with Gasteiger partial charge in [0.1, 0.15) is 10.7 Å². The third-order valence-corrected chi connectivity index (χ3v) is 2.92. The summed E-state index contributed by atoms with van der Waals surface area (Å²) in [5.74, 6) is -1.10. The lowest BCUT2D eigenvalue weighted by Crippen LogP contribution is -2.11. The van der Waals surface area contributed by atoms with E-state index in [9.17, 15) is 9.59 Å². The summed E-state index contributed by atoms with van der Waals surface area (Å²) in [6, 6.07) is 8.95. The first-order chi connectivity index (χ1) is 10.6. The summed E-state index contributed by atoms with van der Waals surface area (Å²) < 4.78 is 0. The number of nitrogens with zero attached hydrogens (tertiary/aromatic N) is 2. The smallest absolute Gasteiger partial charge is 0.328 e. The molecule has 0 unspecified atom stereocenters. The van der Waals surface area contributed by atoms with Gasteiger partial charge in [-0.3, -0.25) is 10.2 Å². The van der Waals surface area contributed by atoms with E-state index in [1.807, 2.05) is 6.07 Å². The molecular formula is C14H11ClN4O3. The van der Waals surface area contributed by atoms with Crippen molar-refractivity contribution in [3.05, 3.63) is 69.6 Å². The average molecular weight is 319 g/mol. The van der Waals surface area contributed by atoms with Crippen molar-refractivity contribution in [3.63, 3.8) is 0 Å². The van der Waals surface area contributed by atoms with Crippen molar-refractivity contribution in [1.29, 1.82) is 0 Å². The Morgan fingerprint density at radius 2 is 2.05 bits per heavy atom. The van der Waals surface area contributed by atoms with Crippen LogP contribution in [0, 0.1) is 0 Å². The van der Waals surface area contributed by atoms with Crippen molar-refractivity contribution in [2.45, 2.75) is 0 Å². The number of hydrogen-bond donors (Lipinski definition) is 3. The summed E-state index contributed by atoms with van der Waals surface area (Å²) >= 11 is 5.82. The van der Waals surface area contributed by atoms with Crippen LogP contribution in [0.25, 0.3) is 0 Å². The number of hydrogen-bond acceptors (Lipinski definition) is 5. The summed E-state index contributed by atoms with van der Waals surface area (Å²) in [6.07, 6.45) is 3.60. The maximum atomic E-state index is 11.3. The number of hydrazone groups is 1. The molecule has 22 heavy (non-hydrogen) atoms. The molecule has 0 aliphatic heterocycles. The summed E-state index contributed by atoms with van der Waals surface area (Å²) in [5.41, 5.74) is 3.32. The molecule has 1 aromatic carbocycles. The van der Waals surface area contributed by atoms with E-state index in [1.165, 1.54) is 12.3 Å². The highest BCUT2D eigenvalue weighted by molar-refractivity contribution is 6.32. The first kappa shape index (κ1) is 15.5. The fraction of sp³-hybridized carbons (Fsp3) is 0. The van der Waals surface area contributed by atoms with E-state index in [0.29, 0.717) is 11.3 Å². The van der Waals surface area contributed by atoms with Crippen LogP contribution in [0.1, 0.15) is 5.56 Å². The molecule has 0 amide bonds. The van der Waals surface area contributed by atoms with Gasteiger partial charge < -0.3 is 5.11 Å². The van der Waals surface area contributed by atoms with Crippen LogP contribution < -0.4 is 11.0 Å². The van der Waals surface area contributed by atoms with Gasteiger partial charge in [0.2, 0.25) is 0 Å². The predicted octanol–water partition coefficient (Wildman–Crippen LogP) is 1.88. The van der Waals surface area contributed by atoms with Gasteiger partial charge in [0.25, 0.3) is 5.56 Å². The Hall–Kier alpha value is -2.93. The monoisotopic (exact) mass is 318 g/mol. The van der Waals surface area contributed by atoms with E-state index < -0.39 is 11.5 Å². The molecule has 0 fully saturated rings. The number of carboxylic acids is 1. The molecule has 0 atom stereocenters. The van der Waals surface area contributed by atoms with Crippen LogP contribution in [-0.4, -0.2) is 27.0 Å². The zero-order chi connectivity index (χ0) is 15.9. The standard InChI is InChI=1S/C14H11ClN4O3/c15-13-11(8-16-19-14(13)22)18-17-10(6-7-12(20)21)9-4-2-1-3-5-9/h1-8H,(H,20,21)(H2,18,19,22). The predicted molar refractivity (Wildman–Crippen MR) is 83.2 cm³/mol. The Kier molecular flexibility index (Phi) is 5.05. The molecule has 0 saturated heterocycles. The highest BCUT2D eigenvalue weighted by atomic mass is 35.5. The Morgan fingerprint density at radius 1 is 1.32 bits per heavy atom. The number of aliphatic carboxylic acids is 1. The van der Waals surface area contributed by atoms with Crippen molar-refractivity contribution in [3.8, 4) is 0 Å². The summed E-state index contributed by atoms with van der Waals surface area (Å²) in [7, 11) is 0. The fourth-order valence-corrected chi connectivity index (χ4v) is 1.67. The fourth-order valence-electron chi connectivity index (χ4n) is 1.54. The van der Waals surface area contributed by atoms with Gasteiger partial charge in [0.05, 0.1) is 11.9 Å². The highest BCUT2D eigenvalue weighted by Crippen LogP contribution is 2.14. The number of aromatic amines is 1. The third-order valence-electron chi connectivity index (χ3n) is 2.55. The van der Waals surface area contributed by atoms with Gasteiger partial charge in [-0.2, -0.15) is 10.2 Å². The first-order valence-electron chi connectivity index (χ1n) is 6.11. The number of aromatic nitrogens is 2. The van der Waals surface area contributed by atoms with Gasteiger partial charge in [-0.05, 0) is 6.08 Å². The van der Waals surface area contributed by atoms with E-state index >= 15 is 0 Å². The molecule has 0 aliphatic carbocycles. The van der Waals surface area contributed by atoms with Gasteiger partial charge >= 0.3 is 5.97 Å². The minimum atomic E-state index is -1.10. The average Bonchev–Trinajstić information content (AvgIpc) is 2.52. The van der Waals surface area contributed by atoms with Gasteiger partial charge in [0, 0.05) is 11.6 Å². The molecular weight excluding hydrogens is 308 g/mol. The van der Waals surface area contributed by atoms with Crippen LogP contribution >= 0.6 is 11.6 Å². The van der Waals surface area contributed by atoms with E-state index in [-0.39, 0.29) is 10.7 Å². The maximum Gasteiger partial charge on any atom is 0.328 e. The van der Waals surface area contributed by atoms with Gasteiger partial charge in [-0.1, -0.05) is 41.9 Å². The van der Waals surface area contributed by atoms with Crippen LogP contribution in [0.3, 0.4) is 0 Å². The summed E-state index contributed by atoms with van der Waals surface area (Å²) in [6.45, 7) is 0. The van der Waals surface area contributed by atoms with E-state index in [2.05, 4.69) is 20.7 Å². The molecule has 0 saturated carbocycles.